The quantitative estimate of drug-likeness (QED) is 0.671. The molecule has 19 heavy (non-hydrogen) atoms. The van der Waals surface area contributed by atoms with Crippen LogP contribution in [0.1, 0.15) is 41.7 Å². The number of nitrogens with one attached hydrogen (secondary N) is 2. The van der Waals surface area contributed by atoms with Crippen LogP contribution < -0.4 is 5.32 Å². The number of carbonyl (C=O) groups is 2. The van der Waals surface area contributed by atoms with Gasteiger partial charge in [0, 0.05) is 12.6 Å². The van der Waals surface area contributed by atoms with E-state index in [1.165, 1.54) is 6.33 Å². The minimum atomic E-state index is -1.20. The zero-order chi connectivity index (χ0) is 14.4. The molecule has 1 aromatic heterocycles. The van der Waals surface area contributed by atoms with E-state index in [1.54, 1.807) is 0 Å². The van der Waals surface area contributed by atoms with Crippen LogP contribution in [-0.2, 0) is 0 Å². The third kappa shape index (κ3) is 4.06. The molecule has 0 radical (unpaired) electrons. The van der Waals surface area contributed by atoms with Gasteiger partial charge in [0.1, 0.15) is 0 Å². The molecule has 7 nitrogen and oxygen atoms in total. The van der Waals surface area contributed by atoms with E-state index in [0.29, 0.717) is 6.54 Å². The lowest BCUT2D eigenvalue weighted by Crippen LogP contribution is -2.42. The lowest BCUT2D eigenvalue weighted by atomic mass is 10.2. The highest BCUT2D eigenvalue weighted by Crippen LogP contribution is 2.03. The SMILES string of the molecule is CCN(CC)CC(C)NC(=O)c1nc[nH]c1C(=O)O. The summed E-state index contributed by atoms with van der Waals surface area (Å²) in [5.41, 5.74) is -0.272. The van der Waals surface area contributed by atoms with Gasteiger partial charge in [0.25, 0.3) is 5.91 Å². The van der Waals surface area contributed by atoms with Crippen LogP contribution in [0.5, 0.6) is 0 Å². The fourth-order valence-corrected chi connectivity index (χ4v) is 1.84. The monoisotopic (exact) mass is 268 g/mol. The Morgan fingerprint density at radius 2 is 2.11 bits per heavy atom. The van der Waals surface area contributed by atoms with E-state index in [1.807, 2.05) is 20.8 Å². The van der Waals surface area contributed by atoms with Crippen molar-refractivity contribution >= 4 is 11.9 Å². The number of aromatic nitrogens is 2. The molecule has 1 unspecified atom stereocenters. The molecule has 0 aliphatic carbocycles. The van der Waals surface area contributed by atoms with Crippen LogP contribution in [0.25, 0.3) is 0 Å². The van der Waals surface area contributed by atoms with Gasteiger partial charge in [0.15, 0.2) is 11.4 Å². The fourth-order valence-electron chi connectivity index (χ4n) is 1.84. The lowest BCUT2D eigenvalue weighted by Gasteiger charge is -2.23. The van der Waals surface area contributed by atoms with E-state index in [0.717, 1.165) is 13.1 Å². The number of imidazole rings is 1. The third-order valence-corrected chi connectivity index (χ3v) is 2.87. The lowest BCUT2D eigenvalue weighted by molar-refractivity contribution is 0.0684. The van der Waals surface area contributed by atoms with Gasteiger partial charge in [-0.1, -0.05) is 13.8 Å². The van der Waals surface area contributed by atoms with Crippen LogP contribution in [0.4, 0.5) is 0 Å². The summed E-state index contributed by atoms with van der Waals surface area (Å²) < 4.78 is 0. The Morgan fingerprint density at radius 3 is 2.63 bits per heavy atom. The van der Waals surface area contributed by atoms with Crippen molar-refractivity contribution in [2.45, 2.75) is 26.8 Å². The van der Waals surface area contributed by atoms with E-state index in [-0.39, 0.29) is 17.4 Å². The van der Waals surface area contributed by atoms with Gasteiger partial charge in [0.2, 0.25) is 0 Å². The van der Waals surface area contributed by atoms with Crippen LogP contribution in [0.2, 0.25) is 0 Å². The van der Waals surface area contributed by atoms with Gasteiger partial charge in [-0.2, -0.15) is 0 Å². The summed E-state index contributed by atoms with van der Waals surface area (Å²) in [4.78, 5) is 31.2. The number of carboxylic acid groups (broad SMARTS) is 1. The normalized spacial score (nSPS) is 12.4. The van der Waals surface area contributed by atoms with Crippen molar-refractivity contribution in [1.82, 2.24) is 20.2 Å². The Bertz CT molecular complexity index is 440. The highest BCUT2D eigenvalue weighted by molar-refractivity contribution is 6.02. The number of carbonyl (C=O) groups excluding carboxylic acids is 1. The van der Waals surface area contributed by atoms with Crippen molar-refractivity contribution in [2.24, 2.45) is 0 Å². The highest BCUT2D eigenvalue weighted by atomic mass is 16.4. The van der Waals surface area contributed by atoms with Gasteiger partial charge in [-0.3, -0.25) is 4.79 Å². The first-order valence-electron chi connectivity index (χ1n) is 6.29. The number of aromatic amines is 1. The minimum absolute atomic E-state index is 0.0780. The van der Waals surface area contributed by atoms with E-state index in [2.05, 4.69) is 20.2 Å². The number of H-pyrrole nitrogens is 1. The summed E-state index contributed by atoms with van der Waals surface area (Å²) in [6, 6.07) is -0.0780. The van der Waals surface area contributed by atoms with Gasteiger partial charge in [0.05, 0.1) is 6.33 Å². The molecule has 0 aliphatic rings. The molecule has 1 rings (SSSR count). The molecule has 0 spiro atoms. The van der Waals surface area contributed by atoms with E-state index in [4.69, 9.17) is 5.11 Å². The van der Waals surface area contributed by atoms with Crippen LogP contribution in [0, 0.1) is 0 Å². The predicted molar refractivity (Wildman–Crippen MR) is 70.3 cm³/mol. The molecule has 0 aliphatic heterocycles. The number of aromatic carboxylic acids is 1. The first kappa shape index (κ1) is 15.2. The molecule has 106 valence electrons. The average Bonchev–Trinajstić information content (AvgIpc) is 2.85. The molecular weight excluding hydrogens is 248 g/mol. The summed E-state index contributed by atoms with van der Waals surface area (Å²) in [5.74, 6) is -1.67. The molecular formula is C12H20N4O3. The van der Waals surface area contributed by atoms with E-state index < -0.39 is 11.9 Å². The first-order valence-corrected chi connectivity index (χ1v) is 6.29. The van der Waals surface area contributed by atoms with Crippen molar-refractivity contribution < 1.29 is 14.7 Å². The molecule has 0 saturated carbocycles. The number of likely N-dealkylation sites (N-methyl/N-ethyl adjacent to an activating group) is 1. The number of hydrogen-bond acceptors (Lipinski definition) is 4. The summed E-state index contributed by atoms with van der Waals surface area (Å²) in [7, 11) is 0. The number of hydrogen-bond donors (Lipinski definition) is 3. The number of carboxylic acids is 1. The second kappa shape index (κ2) is 6.89. The first-order chi connectivity index (χ1) is 8.99. The second-order valence-corrected chi connectivity index (χ2v) is 4.29. The number of rotatable bonds is 7. The van der Waals surface area contributed by atoms with Crippen molar-refractivity contribution in [3.63, 3.8) is 0 Å². The number of nitrogens with zero attached hydrogens (tertiary/aromatic N) is 2. The molecule has 0 bridgehead atoms. The average molecular weight is 268 g/mol. The van der Waals surface area contributed by atoms with Gasteiger partial charge in [-0.25, -0.2) is 9.78 Å². The molecule has 1 aromatic rings. The maximum absolute atomic E-state index is 11.9. The Balaban J connectivity index is 2.64. The number of amides is 1. The molecule has 3 N–H and O–H groups in total. The largest absolute Gasteiger partial charge is 0.477 e. The highest BCUT2D eigenvalue weighted by Gasteiger charge is 2.21. The summed E-state index contributed by atoms with van der Waals surface area (Å²) in [6.45, 7) is 8.50. The van der Waals surface area contributed by atoms with Gasteiger partial charge in [-0.15, -0.1) is 0 Å². The molecule has 1 atom stereocenters. The van der Waals surface area contributed by atoms with Crippen molar-refractivity contribution in [1.29, 1.82) is 0 Å². The molecule has 7 heteroatoms. The molecule has 1 amide bonds. The third-order valence-electron chi connectivity index (χ3n) is 2.87. The van der Waals surface area contributed by atoms with Crippen LogP contribution >= 0.6 is 0 Å². The van der Waals surface area contributed by atoms with Crippen molar-refractivity contribution in [3.05, 3.63) is 17.7 Å². The molecule has 0 saturated heterocycles. The Hall–Kier alpha value is -1.89. The minimum Gasteiger partial charge on any atom is -0.477 e. The van der Waals surface area contributed by atoms with Crippen LogP contribution in [0.3, 0.4) is 0 Å². The van der Waals surface area contributed by atoms with Gasteiger partial charge >= 0.3 is 5.97 Å². The standard InChI is InChI=1S/C12H20N4O3/c1-4-16(5-2)6-8(3)15-11(17)9-10(12(18)19)14-7-13-9/h7-8H,4-6H2,1-3H3,(H,13,14)(H,15,17)(H,18,19). The Labute approximate surface area is 112 Å². The van der Waals surface area contributed by atoms with Crippen molar-refractivity contribution in [2.75, 3.05) is 19.6 Å². The topological polar surface area (TPSA) is 98.3 Å². The maximum Gasteiger partial charge on any atom is 0.354 e. The van der Waals surface area contributed by atoms with Gasteiger partial charge in [-0.05, 0) is 20.0 Å². The maximum atomic E-state index is 11.9. The summed E-state index contributed by atoms with van der Waals surface area (Å²) in [6.07, 6.45) is 1.20. The van der Waals surface area contributed by atoms with Crippen LogP contribution in [0.15, 0.2) is 6.33 Å². The van der Waals surface area contributed by atoms with E-state index >= 15 is 0 Å². The zero-order valence-electron chi connectivity index (χ0n) is 11.4. The summed E-state index contributed by atoms with van der Waals surface area (Å²) in [5, 5.41) is 11.6. The molecule has 0 aromatic carbocycles. The van der Waals surface area contributed by atoms with E-state index in [9.17, 15) is 9.59 Å². The second-order valence-electron chi connectivity index (χ2n) is 4.29. The van der Waals surface area contributed by atoms with Crippen LogP contribution in [-0.4, -0.2) is 57.5 Å². The predicted octanol–water partition coefficient (Wildman–Crippen LogP) is 0.568. The van der Waals surface area contributed by atoms with Crippen molar-refractivity contribution in [3.8, 4) is 0 Å². The van der Waals surface area contributed by atoms with Gasteiger partial charge < -0.3 is 20.3 Å². The molecule has 0 fully saturated rings. The Morgan fingerprint density at radius 1 is 1.47 bits per heavy atom. The fraction of sp³-hybridized carbons (Fsp3) is 0.583. The summed E-state index contributed by atoms with van der Waals surface area (Å²) >= 11 is 0. The zero-order valence-corrected chi connectivity index (χ0v) is 11.4. The molecule has 1 heterocycles. The smallest absolute Gasteiger partial charge is 0.354 e. The Kier molecular flexibility index (Phi) is 5.50.